The summed E-state index contributed by atoms with van der Waals surface area (Å²) >= 11 is 0. The van der Waals surface area contributed by atoms with E-state index >= 15 is 0 Å². The first-order chi connectivity index (χ1) is 13.4. The second-order valence-electron chi connectivity index (χ2n) is 6.92. The van der Waals surface area contributed by atoms with E-state index in [1.54, 1.807) is 12.1 Å². The van der Waals surface area contributed by atoms with Gasteiger partial charge < -0.3 is 0 Å². The van der Waals surface area contributed by atoms with Gasteiger partial charge in [0, 0.05) is 18.7 Å². The lowest BCUT2D eigenvalue weighted by Gasteiger charge is -2.26. The molecular weight excluding hydrogens is 374 g/mol. The van der Waals surface area contributed by atoms with Gasteiger partial charge in [-0.2, -0.15) is 4.31 Å². The molecule has 1 fully saturated rings. The molecule has 0 aliphatic carbocycles. The fourth-order valence-corrected chi connectivity index (χ4v) is 4.65. The number of amides is 1. The molecule has 1 aliphatic heterocycles. The van der Waals surface area contributed by atoms with Crippen molar-refractivity contribution in [3.05, 3.63) is 71.8 Å². The Morgan fingerprint density at radius 3 is 2.32 bits per heavy atom. The molecule has 0 unspecified atom stereocenters. The van der Waals surface area contributed by atoms with E-state index in [0.29, 0.717) is 18.8 Å². The molecule has 3 rings (SSSR count). The maximum absolute atomic E-state index is 12.8. The number of carbonyl (C=O) groups is 1. The maximum atomic E-state index is 12.8. The lowest BCUT2D eigenvalue weighted by atomic mass is 10.1. The molecule has 0 saturated carbocycles. The fourth-order valence-electron chi connectivity index (χ4n) is 3.08. The summed E-state index contributed by atoms with van der Waals surface area (Å²) in [4.78, 5) is 12.6. The Morgan fingerprint density at radius 1 is 0.964 bits per heavy atom. The van der Waals surface area contributed by atoms with Gasteiger partial charge >= 0.3 is 0 Å². The number of hydrogen-bond donors (Lipinski definition) is 2. The molecule has 1 aliphatic rings. The van der Waals surface area contributed by atoms with Crippen molar-refractivity contribution in [1.82, 2.24) is 15.2 Å². The molecule has 148 valence electrons. The number of aryl methyl sites for hydroxylation is 1. The van der Waals surface area contributed by atoms with Crippen molar-refractivity contribution in [2.75, 3.05) is 13.1 Å². The van der Waals surface area contributed by atoms with E-state index in [1.807, 2.05) is 31.2 Å². The van der Waals surface area contributed by atoms with Crippen LogP contribution in [0.4, 0.5) is 0 Å². The molecule has 0 aromatic heterocycles. The molecule has 0 spiro atoms. The van der Waals surface area contributed by atoms with Crippen LogP contribution in [0.1, 0.15) is 40.7 Å². The Balaban J connectivity index is 1.68. The SMILES string of the molecule is C=C(NNC(=O)c1cccc(S(=O)(=O)N2CCCCC2)c1)c1ccc(C)cc1. The van der Waals surface area contributed by atoms with Gasteiger partial charge in [0.2, 0.25) is 10.0 Å². The number of carbonyl (C=O) groups excluding carboxylic acids is 1. The maximum Gasteiger partial charge on any atom is 0.269 e. The van der Waals surface area contributed by atoms with Crippen LogP contribution < -0.4 is 10.9 Å². The summed E-state index contributed by atoms with van der Waals surface area (Å²) in [5.41, 5.74) is 8.16. The molecule has 1 amide bonds. The zero-order valence-electron chi connectivity index (χ0n) is 15.9. The molecule has 1 heterocycles. The summed E-state index contributed by atoms with van der Waals surface area (Å²) in [6.45, 7) is 6.95. The Kier molecular flexibility index (Phi) is 6.16. The molecule has 0 radical (unpaired) electrons. The number of rotatable bonds is 6. The third-order valence-electron chi connectivity index (χ3n) is 4.78. The smallest absolute Gasteiger partial charge is 0.269 e. The van der Waals surface area contributed by atoms with E-state index in [2.05, 4.69) is 17.4 Å². The molecule has 1 saturated heterocycles. The normalized spacial score (nSPS) is 15.0. The van der Waals surface area contributed by atoms with Crippen LogP contribution in [-0.4, -0.2) is 31.7 Å². The summed E-state index contributed by atoms with van der Waals surface area (Å²) in [6.07, 6.45) is 2.78. The third-order valence-corrected chi connectivity index (χ3v) is 6.67. The second kappa shape index (κ2) is 8.58. The van der Waals surface area contributed by atoms with Crippen molar-refractivity contribution < 1.29 is 13.2 Å². The quantitative estimate of drug-likeness (QED) is 0.732. The highest BCUT2D eigenvalue weighted by atomic mass is 32.2. The topological polar surface area (TPSA) is 78.5 Å². The summed E-state index contributed by atoms with van der Waals surface area (Å²) < 4.78 is 27.1. The standard InChI is InChI=1S/C21H25N3O3S/c1-16-9-11-18(12-10-16)17(2)22-23-21(25)19-7-6-8-20(15-19)28(26,27)24-13-4-3-5-14-24/h6-12,15,22H,2-5,13-14H2,1H3,(H,23,25). The lowest BCUT2D eigenvalue weighted by molar-refractivity contribution is 0.0942. The molecular formula is C21H25N3O3S. The van der Waals surface area contributed by atoms with Crippen molar-refractivity contribution in [2.24, 2.45) is 0 Å². The molecule has 0 atom stereocenters. The van der Waals surface area contributed by atoms with E-state index in [-0.39, 0.29) is 10.5 Å². The van der Waals surface area contributed by atoms with Crippen molar-refractivity contribution in [3.63, 3.8) is 0 Å². The van der Waals surface area contributed by atoms with Gasteiger partial charge in [-0.15, -0.1) is 0 Å². The summed E-state index contributed by atoms with van der Waals surface area (Å²) in [5.74, 6) is -0.427. The van der Waals surface area contributed by atoms with Crippen molar-refractivity contribution in [3.8, 4) is 0 Å². The van der Waals surface area contributed by atoms with Crippen molar-refractivity contribution in [1.29, 1.82) is 0 Å². The number of hydrogen-bond acceptors (Lipinski definition) is 4. The monoisotopic (exact) mass is 399 g/mol. The summed E-state index contributed by atoms with van der Waals surface area (Å²) in [5, 5.41) is 0. The molecule has 2 N–H and O–H groups in total. The molecule has 2 aromatic carbocycles. The van der Waals surface area contributed by atoms with Crippen LogP contribution in [0.5, 0.6) is 0 Å². The van der Waals surface area contributed by atoms with Gasteiger partial charge in [-0.1, -0.05) is 48.9 Å². The Labute approximate surface area is 166 Å². The number of benzene rings is 2. The number of nitrogens with one attached hydrogen (secondary N) is 2. The number of piperidine rings is 1. The number of hydrazine groups is 1. The first kappa shape index (κ1) is 20.1. The first-order valence-corrected chi connectivity index (χ1v) is 10.7. The average molecular weight is 400 g/mol. The summed E-state index contributed by atoms with van der Waals surface area (Å²) in [6, 6.07) is 13.8. The van der Waals surface area contributed by atoms with Gasteiger partial charge in [0.15, 0.2) is 0 Å². The van der Waals surface area contributed by atoms with Crippen LogP contribution in [0.3, 0.4) is 0 Å². The highest BCUT2D eigenvalue weighted by molar-refractivity contribution is 7.89. The Hall–Kier alpha value is -2.64. The largest absolute Gasteiger partial charge is 0.298 e. The predicted octanol–water partition coefficient (Wildman–Crippen LogP) is 3.07. The number of nitrogens with zero attached hydrogens (tertiary/aromatic N) is 1. The van der Waals surface area contributed by atoms with Gasteiger partial charge in [0.05, 0.1) is 10.6 Å². The molecule has 7 heteroatoms. The fraction of sp³-hybridized carbons (Fsp3) is 0.286. The zero-order valence-corrected chi connectivity index (χ0v) is 16.8. The van der Waals surface area contributed by atoms with Gasteiger partial charge in [0.1, 0.15) is 0 Å². The van der Waals surface area contributed by atoms with Crippen molar-refractivity contribution >= 4 is 21.6 Å². The third kappa shape index (κ3) is 4.61. The molecule has 2 aromatic rings. The highest BCUT2D eigenvalue weighted by Gasteiger charge is 2.26. The van der Waals surface area contributed by atoms with Crippen LogP contribution in [0.25, 0.3) is 5.70 Å². The second-order valence-corrected chi connectivity index (χ2v) is 8.85. The van der Waals surface area contributed by atoms with Crippen LogP contribution in [0.2, 0.25) is 0 Å². The van der Waals surface area contributed by atoms with Crippen LogP contribution >= 0.6 is 0 Å². The summed E-state index contributed by atoms with van der Waals surface area (Å²) in [7, 11) is -3.58. The van der Waals surface area contributed by atoms with Gasteiger partial charge in [0.25, 0.3) is 5.91 Å². The Morgan fingerprint density at radius 2 is 1.64 bits per heavy atom. The average Bonchev–Trinajstić information content (AvgIpc) is 2.73. The van der Waals surface area contributed by atoms with E-state index < -0.39 is 15.9 Å². The lowest BCUT2D eigenvalue weighted by Crippen LogP contribution is -2.37. The van der Waals surface area contributed by atoms with Crippen LogP contribution in [0, 0.1) is 6.92 Å². The zero-order chi connectivity index (χ0) is 20.1. The Bertz CT molecular complexity index is 963. The van der Waals surface area contributed by atoms with E-state index in [9.17, 15) is 13.2 Å². The van der Waals surface area contributed by atoms with Gasteiger partial charge in [-0.25, -0.2) is 8.42 Å². The van der Waals surface area contributed by atoms with E-state index in [1.165, 1.54) is 16.4 Å². The minimum atomic E-state index is -3.58. The van der Waals surface area contributed by atoms with E-state index in [4.69, 9.17) is 0 Å². The molecule has 28 heavy (non-hydrogen) atoms. The molecule has 0 bridgehead atoms. The first-order valence-electron chi connectivity index (χ1n) is 9.30. The van der Waals surface area contributed by atoms with Crippen LogP contribution in [0.15, 0.2) is 60.0 Å². The predicted molar refractivity (Wildman–Crippen MR) is 110 cm³/mol. The minimum Gasteiger partial charge on any atom is -0.298 e. The number of sulfonamides is 1. The van der Waals surface area contributed by atoms with E-state index in [0.717, 1.165) is 30.4 Å². The minimum absolute atomic E-state index is 0.138. The van der Waals surface area contributed by atoms with Gasteiger partial charge in [-0.3, -0.25) is 15.6 Å². The molecule has 6 nitrogen and oxygen atoms in total. The van der Waals surface area contributed by atoms with Crippen LogP contribution in [-0.2, 0) is 10.0 Å². The van der Waals surface area contributed by atoms with Gasteiger partial charge in [-0.05, 0) is 43.5 Å². The highest BCUT2D eigenvalue weighted by Crippen LogP contribution is 2.21. The van der Waals surface area contributed by atoms with Crippen molar-refractivity contribution in [2.45, 2.75) is 31.1 Å².